The average Bonchev–Trinajstić information content (AvgIpc) is 2.50. The molecule has 0 fully saturated rings. The van der Waals surface area contributed by atoms with Crippen molar-refractivity contribution in [3.8, 4) is 0 Å². The fraction of sp³-hybridized carbons (Fsp3) is 0.444. The lowest BCUT2D eigenvalue weighted by Crippen LogP contribution is -2.23. The molecule has 0 atom stereocenters. The molecule has 1 aliphatic heterocycles. The van der Waals surface area contributed by atoms with Crippen LogP contribution in [0.2, 0.25) is 0 Å². The van der Waals surface area contributed by atoms with Crippen LogP contribution in [0, 0.1) is 0 Å². The van der Waals surface area contributed by atoms with Crippen molar-refractivity contribution >= 4 is 32.1 Å². The number of nitrogen functional groups attached to an aromatic ring is 1. The number of carbonyl (C=O) groups excluding carboxylic acids is 1. The molecule has 0 bridgehead atoms. The Labute approximate surface area is 97.6 Å². The highest BCUT2D eigenvalue weighted by atomic mass is 32.2. The van der Waals surface area contributed by atoms with Crippen molar-refractivity contribution in [1.29, 1.82) is 0 Å². The van der Waals surface area contributed by atoms with Gasteiger partial charge < -0.3 is 11.1 Å². The summed E-state index contributed by atoms with van der Waals surface area (Å²) in [6.45, 7) is 0. The number of rotatable bonds is 1. The minimum absolute atomic E-state index is 0.00813. The number of thiophene rings is 1. The molecule has 1 aromatic rings. The first kappa shape index (κ1) is 11.4. The maximum Gasteiger partial charge on any atom is 0.254 e. The van der Waals surface area contributed by atoms with E-state index < -0.39 is 9.84 Å². The van der Waals surface area contributed by atoms with Gasteiger partial charge in [-0.05, 0) is 12.0 Å². The molecule has 0 aliphatic carbocycles. The zero-order valence-corrected chi connectivity index (χ0v) is 10.4. The molecule has 1 amide bonds. The van der Waals surface area contributed by atoms with Crippen molar-refractivity contribution in [2.45, 2.75) is 12.2 Å². The highest BCUT2D eigenvalue weighted by Crippen LogP contribution is 2.35. The fourth-order valence-corrected chi connectivity index (χ4v) is 4.74. The SMILES string of the molecule is CNC(=O)c1c(N)sc2c1CCS(=O)(=O)C2. The molecule has 0 spiro atoms. The summed E-state index contributed by atoms with van der Waals surface area (Å²) in [6.07, 6.45) is 0.383. The second-order valence-electron chi connectivity index (χ2n) is 3.66. The third kappa shape index (κ3) is 1.80. The van der Waals surface area contributed by atoms with Crippen LogP contribution in [0.3, 0.4) is 0 Å². The lowest BCUT2D eigenvalue weighted by molar-refractivity contribution is 0.0963. The monoisotopic (exact) mass is 260 g/mol. The van der Waals surface area contributed by atoms with Crippen molar-refractivity contribution in [2.24, 2.45) is 0 Å². The van der Waals surface area contributed by atoms with Gasteiger partial charge in [0.2, 0.25) is 0 Å². The summed E-state index contributed by atoms with van der Waals surface area (Å²) in [7, 11) is -1.48. The van der Waals surface area contributed by atoms with Crippen LogP contribution in [0.25, 0.3) is 0 Å². The third-order valence-corrected chi connectivity index (χ3v) is 5.38. The van der Waals surface area contributed by atoms with E-state index in [0.717, 1.165) is 5.56 Å². The predicted molar refractivity (Wildman–Crippen MR) is 63.3 cm³/mol. The minimum atomic E-state index is -3.01. The number of nitrogens with two attached hydrogens (primary N) is 1. The molecule has 3 N–H and O–H groups in total. The van der Waals surface area contributed by atoms with Gasteiger partial charge in [-0.1, -0.05) is 0 Å². The molecular formula is C9H12N2O3S2. The van der Waals surface area contributed by atoms with E-state index in [-0.39, 0.29) is 17.4 Å². The van der Waals surface area contributed by atoms with E-state index in [0.29, 0.717) is 21.9 Å². The second-order valence-corrected chi connectivity index (χ2v) is 6.99. The molecule has 5 nitrogen and oxygen atoms in total. The molecule has 7 heteroatoms. The van der Waals surface area contributed by atoms with Crippen LogP contribution in [0.1, 0.15) is 20.8 Å². The fourth-order valence-electron chi connectivity index (χ4n) is 1.82. The van der Waals surface area contributed by atoms with E-state index in [2.05, 4.69) is 5.32 Å². The highest BCUT2D eigenvalue weighted by Gasteiger charge is 2.29. The summed E-state index contributed by atoms with van der Waals surface area (Å²) in [5.41, 5.74) is 7.01. The van der Waals surface area contributed by atoms with E-state index in [1.807, 2.05) is 0 Å². The van der Waals surface area contributed by atoms with Gasteiger partial charge in [-0.25, -0.2) is 8.42 Å². The maximum absolute atomic E-state index is 11.6. The van der Waals surface area contributed by atoms with Gasteiger partial charge in [0.25, 0.3) is 5.91 Å². The Hall–Kier alpha value is -1.08. The van der Waals surface area contributed by atoms with Crippen LogP contribution in [-0.4, -0.2) is 27.1 Å². The summed E-state index contributed by atoms with van der Waals surface area (Å²) in [6, 6.07) is 0. The molecule has 1 aliphatic rings. The van der Waals surface area contributed by atoms with Crippen molar-refractivity contribution in [3.05, 3.63) is 16.0 Å². The molecule has 88 valence electrons. The standard InChI is InChI=1S/C9H12N2O3S2/c1-11-9(12)7-5-2-3-16(13,14)4-6(5)15-8(7)10/h2-4,10H2,1H3,(H,11,12). The zero-order valence-electron chi connectivity index (χ0n) is 8.74. The Morgan fingerprint density at radius 2 is 2.19 bits per heavy atom. The van der Waals surface area contributed by atoms with Crippen LogP contribution < -0.4 is 11.1 Å². The van der Waals surface area contributed by atoms with Gasteiger partial charge in [-0.15, -0.1) is 11.3 Å². The average molecular weight is 260 g/mol. The summed E-state index contributed by atoms with van der Waals surface area (Å²) in [5.74, 6) is -0.136. The molecule has 16 heavy (non-hydrogen) atoms. The summed E-state index contributed by atoms with van der Waals surface area (Å²) >= 11 is 1.20. The van der Waals surface area contributed by atoms with Crippen LogP contribution >= 0.6 is 11.3 Å². The predicted octanol–water partition coefficient (Wildman–Crippen LogP) is 0.161. The first-order valence-electron chi connectivity index (χ1n) is 4.77. The Bertz CT molecular complexity index is 545. The summed E-state index contributed by atoms with van der Waals surface area (Å²) in [5, 5.41) is 2.92. The topological polar surface area (TPSA) is 89.3 Å². The molecule has 1 aromatic heterocycles. The largest absolute Gasteiger partial charge is 0.390 e. The number of carbonyl (C=O) groups is 1. The van der Waals surface area contributed by atoms with Crippen LogP contribution in [0.15, 0.2) is 0 Å². The number of anilines is 1. The number of hydrogen-bond acceptors (Lipinski definition) is 5. The number of nitrogens with one attached hydrogen (secondary N) is 1. The maximum atomic E-state index is 11.6. The summed E-state index contributed by atoms with van der Waals surface area (Å²) in [4.78, 5) is 12.3. The molecular weight excluding hydrogens is 248 g/mol. The lowest BCUT2D eigenvalue weighted by atomic mass is 10.1. The molecule has 0 saturated carbocycles. The first-order chi connectivity index (χ1) is 7.44. The smallest absolute Gasteiger partial charge is 0.254 e. The number of amides is 1. The van der Waals surface area contributed by atoms with Crippen molar-refractivity contribution < 1.29 is 13.2 Å². The van der Waals surface area contributed by atoms with Gasteiger partial charge in [0.1, 0.15) is 0 Å². The van der Waals surface area contributed by atoms with E-state index >= 15 is 0 Å². The Morgan fingerprint density at radius 1 is 1.50 bits per heavy atom. The Balaban J connectivity index is 2.52. The Morgan fingerprint density at radius 3 is 2.81 bits per heavy atom. The normalized spacial score (nSPS) is 17.8. The van der Waals surface area contributed by atoms with E-state index in [4.69, 9.17) is 5.73 Å². The van der Waals surface area contributed by atoms with Crippen LogP contribution in [0.5, 0.6) is 0 Å². The molecule has 0 unspecified atom stereocenters. The third-order valence-electron chi connectivity index (χ3n) is 2.59. The minimum Gasteiger partial charge on any atom is -0.390 e. The van der Waals surface area contributed by atoms with Crippen LogP contribution in [-0.2, 0) is 22.0 Å². The molecule has 2 rings (SSSR count). The quantitative estimate of drug-likeness (QED) is 0.752. The van der Waals surface area contributed by atoms with E-state index in [1.54, 1.807) is 0 Å². The highest BCUT2D eigenvalue weighted by molar-refractivity contribution is 7.90. The number of fused-ring (bicyclic) bond motifs is 1. The summed E-state index contributed by atoms with van der Waals surface area (Å²) < 4.78 is 22.9. The molecule has 2 heterocycles. The van der Waals surface area contributed by atoms with Crippen molar-refractivity contribution in [3.63, 3.8) is 0 Å². The first-order valence-corrected chi connectivity index (χ1v) is 7.41. The van der Waals surface area contributed by atoms with Crippen molar-refractivity contribution in [1.82, 2.24) is 5.32 Å². The van der Waals surface area contributed by atoms with E-state index in [1.165, 1.54) is 18.4 Å². The van der Waals surface area contributed by atoms with Gasteiger partial charge in [-0.2, -0.15) is 0 Å². The number of hydrogen-bond donors (Lipinski definition) is 2. The molecule has 0 saturated heterocycles. The Kier molecular flexibility index (Phi) is 2.67. The zero-order chi connectivity index (χ0) is 11.9. The molecule has 0 aromatic carbocycles. The van der Waals surface area contributed by atoms with Gasteiger partial charge in [0.15, 0.2) is 9.84 Å². The van der Waals surface area contributed by atoms with Crippen molar-refractivity contribution in [2.75, 3.05) is 18.5 Å². The lowest BCUT2D eigenvalue weighted by Gasteiger charge is -2.12. The van der Waals surface area contributed by atoms with Gasteiger partial charge in [0.05, 0.1) is 22.1 Å². The molecule has 0 radical (unpaired) electrons. The van der Waals surface area contributed by atoms with Gasteiger partial charge >= 0.3 is 0 Å². The van der Waals surface area contributed by atoms with Gasteiger partial charge in [0, 0.05) is 11.9 Å². The number of sulfone groups is 1. The second kappa shape index (κ2) is 3.74. The van der Waals surface area contributed by atoms with Gasteiger partial charge in [-0.3, -0.25) is 4.79 Å². The van der Waals surface area contributed by atoms with Crippen LogP contribution in [0.4, 0.5) is 5.00 Å². The van der Waals surface area contributed by atoms with E-state index in [9.17, 15) is 13.2 Å².